The van der Waals surface area contributed by atoms with E-state index in [-0.39, 0.29) is 11.6 Å². The monoisotopic (exact) mass is 420 g/mol. The number of rotatable bonds is 8. The van der Waals surface area contributed by atoms with Crippen molar-refractivity contribution in [3.63, 3.8) is 0 Å². The summed E-state index contributed by atoms with van der Waals surface area (Å²) in [7, 11) is 0. The minimum atomic E-state index is 0.0511. The minimum Gasteiger partial charge on any atom is -0.489 e. The van der Waals surface area contributed by atoms with Crippen LogP contribution in [0.25, 0.3) is 0 Å². The molecule has 2 heterocycles. The molecule has 162 valence electrons. The maximum Gasteiger partial charge on any atom is 0.191 e. The van der Waals surface area contributed by atoms with Crippen LogP contribution in [0.5, 0.6) is 5.75 Å². The van der Waals surface area contributed by atoms with Crippen LogP contribution < -0.4 is 15.4 Å². The third kappa shape index (κ3) is 6.27. The Hall–Kier alpha value is -1.44. The zero-order valence-corrected chi connectivity index (χ0v) is 18.9. The molecule has 1 aromatic rings. The number of aryl methyl sites for hydroxylation is 1. The molecule has 1 aromatic carbocycles. The van der Waals surface area contributed by atoms with Gasteiger partial charge in [0.2, 0.25) is 0 Å². The van der Waals surface area contributed by atoms with Crippen molar-refractivity contribution in [1.82, 2.24) is 15.5 Å². The van der Waals surface area contributed by atoms with Gasteiger partial charge in [0.15, 0.2) is 5.96 Å². The molecular formula is C22H36N4O2S. The molecule has 2 fully saturated rings. The second-order valence-corrected chi connectivity index (χ2v) is 9.00. The second-order valence-electron chi connectivity index (χ2n) is 7.90. The van der Waals surface area contributed by atoms with E-state index in [0.29, 0.717) is 6.54 Å². The predicted molar refractivity (Wildman–Crippen MR) is 122 cm³/mol. The molecule has 6 nitrogen and oxygen atoms in total. The molecule has 2 unspecified atom stereocenters. The lowest BCUT2D eigenvalue weighted by Crippen LogP contribution is -2.56. The number of aliphatic imine (C=N–C) groups is 1. The van der Waals surface area contributed by atoms with Crippen LogP contribution in [0.2, 0.25) is 0 Å². The molecule has 2 saturated heterocycles. The molecule has 0 amide bonds. The molecule has 0 spiro atoms. The number of hydrogen-bond acceptors (Lipinski definition) is 5. The van der Waals surface area contributed by atoms with Gasteiger partial charge in [0.05, 0.1) is 31.8 Å². The van der Waals surface area contributed by atoms with Crippen LogP contribution in [0.15, 0.2) is 29.3 Å². The highest BCUT2D eigenvalue weighted by atomic mass is 32.2. The maximum atomic E-state index is 6.10. The van der Waals surface area contributed by atoms with E-state index in [1.54, 1.807) is 0 Å². The maximum absolute atomic E-state index is 6.10. The highest BCUT2D eigenvalue weighted by Crippen LogP contribution is 2.34. The summed E-state index contributed by atoms with van der Waals surface area (Å²) in [6.45, 7) is 12.3. The highest BCUT2D eigenvalue weighted by molar-refractivity contribution is 7.99. The topological polar surface area (TPSA) is 58.1 Å². The molecule has 0 saturated carbocycles. The Kier molecular flexibility index (Phi) is 8.51. The zero-order valence-electron chi connectivity index (χ0n) is 18.1. The Morgan fingerprint density at radius 1 is 1.31 bits per heavy atom. The number of morpholine rings is 1. The van der Waals surface area contributed by atoms with Gasteiger partial charge in [-0.05, 0) is 44.6 Å². The third-order valence-electron chi connectivity index (χ3n) is 5.62. The zero-order chi connectivity index (χ0) is 20.5. The summed E-state index contributed by atoms with van der Waals surface area (Å²) in [4.78, 5) is 7.59. The van der Waals surface area contributed by atoms with E-state index in [9.17, 15) is 0 Å². The SMILES string of the molecule is CCNC(=NCC1(N2CCOCC2)CCSC1)NCC(C)Oc1ccccc1C. The summed E-state index contributed by atoms with van der Waals surface area (Å²) in [6.07, 6.45) is 1.25. The largest absolute Gasteiger partial charge is 0.489 e. The smallest absolute Gasteiger partial charge is 0.191 e. The Labute approximate surface area is 179 Å². The fourth-order valence-corrected chi connectivity index (χ4v) is 5.33. The quantitative estimate of drug-likeness (QED) is 0.498. The molecule has 2 aliphatic heterocycles. The predicted octanol–water partition coefficient (Wildman–Crippen LogP) is 2.53. The summed E-state index contributed by atoms with van der Waals surface area (Å²) < 4.78 is 11.7. The van der Waals surface area contributed by atoms with Crippen LogP contribution in [-0.2, 0) is 4.74 Å². The van der Waals surface area contributed by atoms with Gasteiger partial charge in [-0.1, -0.05) is 18.2 Å². The van der Waals surface area contributed by atoms with Crippen molar-refractivity contribution in [2.75, 3.05) is 57.4 Å². The number of ether oxygens (including phenoxy) is 2. The standard InChI is InChI=1S/C22H36N4O2S/c1-4-23-21(24-15-19(3)28-20-8-6-5-7-18(20)2)25-16-22(9-14-29-17-22)26-10-12-27-13-11-26/h5-8,19H,4,9-17H2,1-3H3,(H2,23,24,25). The molecule has 0 aliphatic carbocycles. The van der Waals surface area contributed by atoms with Gasteiger partial charge >= 0.3 is 0 Å². The third-order valence-corrected chi connectivity index (χ3v) is 6.85. The van der Waals surface area contributed by atoms with E-state index in [0.717, 1.165) is 62.4 Å². The number of benzene rings is 1. The minimum absolute atomic E-state index is 0.0511. The fraction of sp³-hybridized carbons (Fsp3) is 0.682. The average molecular weight is 421 g/mol. The van der Waals surface area contributed by atoms with Crippen molar-refractivity contribution in [2.45, 2.75) is 38.8 Å². The van der Waals surface area contributed by atoms with E-state index in [4.69, 9.17) is 14.5 Å². The van der Waals surface area contributed by atoms with Gasteiger partial charge in [0, 0.05) is 25.4 Å². The van der Waals surface area contributed by atoms with Crippen LogP contribution in [0.4, 0.5) is 0 Å². The van der Waals surface area contributed by atoms with Crippen LogP contribution >= 0.6 is 11.8 Å². The number of guanidine groups is 1. The molecule has 0 radical (unpaired) electrons. The lowest BCUT2D eigenvalue weighted by atomic mass is 9.96. The number of nitrogens with zero attached hydrogens (tertiary/aromatic N) is 2. The van der Waals surface area contributed by atoms with E-state index < -0.39 is 0 Å². The van der Waals surface area contributed by atoms with E-state index in [1.807, 2.05) is 30.0 Å². The van der Waals surface area contributed by atoms with Crippen LogP contribution in [0.3, 0.4) is 0 Å². The Bertz CT molecular complexity index is 658. The molecule has 3 rings (SSSR count). The van der Waals surface area contributed by atoms with Gasteiger partial charge < -0.3 is 20.1 Å². The van der Waals surface area contributed by atoms with E-state index in [1.165, 1.54) is 12.2 Å². The molecule has 0 aromatic heterocycles. The summed E-state index contributed by atoms with van der Waals surface area (Å²) in [5, 5.41) is 6.86. The Morgan fingerprint density at radius 2 is 2.10 bits per heavy atom. The lowest BCUT2D eigenvalue weighted by Gasteiger charge is -2.42. The van der Waals surface area contributed by atoms with Crippen LogP contribution in [0.1, 0.15) is 25.8 Å². The molecular weight excluding hydrogens is 384 g/mol. The van der Waals surface area contributed by atoms with Gasteiger partial charge in [-0.3, -0.25) is 9.89 Å². The van der Waals surface area contributed by atoms with Crippen LogP contribution in [0, 0.1) is 6.92 Å². The average Bonchev–Trinajstić information content (AvgIpc) is 3.23. The summed E-state index contributed by atoms with van der Waals surface area (Å²) in [5.74, 6) is 4.19. The summed E-state index contributed by atoms with van der Waals surface area (Å²) >= 11 is 2.05. The van der Waals surface area contributed by atoms with Crippen molar-refractivity contribution in [2.24, 2.45) is 4.99 Å². The molecule has 2 atom stereocenters. The normalized spacial score (nSPS) is 24.3. The molecule has 2 aliphatic rings. The van der Waals surface area contributed by atoms with Crippen molar-refractivity contribution >= 4 is 17.7 Å². The lowest BCUT2D eigenvalue weighted by molar-refractivity contribution is -0.0104. The molecule has 2 N–H and O–H groups in total. The van der Waals surface area contributed by atoms with Crippen molar-refractivity contribution in [3.8, 4) is 5.75 Å². The first kappa shape index (κ1) is 22.2. The van der Waals surface area contributed by atoms with Gasteiger partial charge in [-0.2, -0.15) is 11.8 Å². The first-order valence-electron chi connectivity index (χ1n) is 10.8. The van der Waals surface area contributed by atoms with Crippen molar-refractivity contribution in [1.29, 1.82) is 0 Å². The first-order valence-corrected chi connectivity index (χ1v) is 11.9. The first-order chi connectivity index (χ1) is 14.1. The Balaban J connectivity index is 1.57. The van der Waals surface area contributed by atoms with Crippen molar-refractivity contribution < 1.29 is 9.47 Å². The van der Waals surface area contributed by atoms with Crippen molar-refractivity contribution in [3.05, 3.63) is 29.8 Å². The number of thioether (sulfide) groups is 1. The van der Waals surface area contributed by atoms with E-state index in [2.05, 4.69) is 42.4 Å². The highest BCUT2D eigenvalue weighted by Gasteiger charge is 2.40. The number of nitrogens with one attached hydrogen (secondary N) is 2. The number of para-hydroxylation sites is 1. The molecule has 0 bridgehead atoms. The molecule has 7 heteroatoms. The van der Waals surface area contributed by atoms with E-state index >= 15 is 0 Å². The second kappa shape index (κ2) is 11.1. The van der Waals surface area contributed by atoms with Gasteiger partial charge in [-0.15, -0.1) is 0 Å². The van der Waals surface area contributed by atoms with Gasteiger partial charge in [-0.25, -0.2) is 0 Å². The Morgan fingerprint density at radius 3 is 2.79 bits per heavy atom. The molecule has 29 heavy (non-hydrogen) atoms. The summed E-state index contributed by atoms with van der Waals surface area (Å²) in [6, 6.07) is 8.14. The number of hydrogen-bond donors (Lipinski definition) is 2. The van der Waals surface area contributed by atoms with Crippen LogP contribution in [-0.4, -0.2) is 79.9 Å². The van der Waals surface area contributed by atoms with Gasteiger partial charge in [0.25, 0.3) is 0 Å². The van der Waals surface area contributed by atoms with Gasteiger partial charge in [0.1, 0.15) is 11.9 Å². The fourth-order valence-electron chi connectivity index (χ4n) is 3.86. The summed E-state index contributed by atoms with van der Waals surface area (Å²) in [5.41, 5.74) is 1.33.